The maximum Gasteiger partial charge on any atom is 0.407 e. The van der Waals surface area contributed by atoms with Crippen molar-refractivity contribution in [3.8, 4) is 16.9 Å². The Bertz CT molecular complexity index is 1020. The molecule has 4 aliphatic rings. The molecule has 2 aromatic carbocycles. The zero-order valence-electron chi connectivity index (χ0n) is 21.0. The Morgan fingerprint density at radius 2 is 1.79 bits per heavy atom. The second-order valence-corrected chi connectivity index (χ2v) is 11.5. The number of hydrogen-bond donors (Lipinski definition) is 1. The van der Waals surface area contributed by atoms with E-state index < -0.39 is 0 Å². The first-order valence-electron chi connectivity index (χ1n) is 12.8. The minimum absolute atomic E-state index is 0.0290. The molecular weight excluding hydrogens is 424 g/mol. The maximum absolute atomic E-state index is 12.9. The van der Waals surface area contributed by atoms with E-state index in [1.807, 2.05) is 12.1 Å². The molecule has 0 radical (unpaired) electrons. The zero-order valence-corrected chi connectivity index (χ0v) is 21.0. The van der Waals surface area contributed by atoms with E-state index in [1.165, 1.54) is 22.3 Å². The Kier molecular flexibility index (Phi) is 6.32. The molecule has 6 rings (SSSR count). The average Bonchev–Trinajstić information content (AvgIpc) is 3.07. The van der Waals surface area contributed by atoms with Gasteiger partial charge in [0.2, 0.25) is 0 Å². The van der Waals surface area contributed by atoms with Crippen molar-refractivity contribution in [1.29, 1.82) is 0 Å². The van der Waals surface area contributed by atoms with Crippen LogP contribution in [0.3, 0.4) is 0 Å². The van der Waals surface area contributed by atoms with E-state index in [-0.39, 0.29) is 23.7 Å². The fourth-order valence-electron chi connectivity index (χ4n) is 5.85. The maximum atomic E-state index is 12.9. The molecule has 0 unspecified atom stereocenters. The van der Waals surface area contributed by atoms with Gasteiger partial charge in [-0.1, -0.05) is 58.0 Å². The third-order valence-corrected chi connectivity index (χ3v) is 7.77. The standard InChI is InChI=1S/C29H38N2O3/c1-19(2)18-33-24-8-5-20(6-9-24)22-7-10-25-23(15-22)16-29(3,4)27(25)30-28(32)34-26-17-31-13-11-21(26)12-14-31/h5-10,15,19,21,26-27H,11-14,16-18H2,1-4H3,(H,30,32)/t26-,27+/m1/s1. The predicted molar refractivity (Wildman–Crippen MR) is 135 cm³/mol. The highest BCUT2D eigenvalue weighted by Gasteiger charge is 2.42. The Hall–Kier alpha value is -2.53. The van der Waals surface area contributed by atoms with Crippen LogP contribution in [0.1, 0.15) is 57.7 Å². The summed E-state index contributed by atoms with van der Waals surface area (Å²) >= 11 is 0. The second-order valence-electron chi connectivity index (χ2n) is 11.5. The predicted octanol–water partition coefficient (Wildman–Crippen LogP) is 5.83. The molecule has 182 valence electrons. The Morgan fingerprint density at radius 1 is 1.09 bits per heavy atom. The molecule has 5 heteroatoms. The van der Waals surface area contributed by atoms with Crippen LogP contribution in [0.5, 0.6) is 5.75 Å². The molecule has 2 bridgehead atoms. The minimum atomic E-state index is -0.272. The second kappa shape index (κ2) is 9.26. The molecular formula is C29H38N2O3. The summed E-state index contributed by atoms with van der Waals surface area (Å²) in [6.07, 6.45) is 2.97. The highest BCUT2D eigenvalue weighted by molar-refractivity contribution is 5.70. The molecule has 0 spiro atoms. The van der Waals surface area contributed by atoms with E-state index in [4.69, 9.17) is 9.47 Å². The molecule has 3 heterocycles. The summed E-state index contributed by atoms with van der Waals surface area (Å²) in [5, 5.41) is 3.23. The molecule has 0 saturated carbocycles. The largest absolute Gasteiger partial charge is 0.493 e. The van der Waals surface area contributed by atoms with Crippen LogP contribution in [0.2, 0.25) is 0 Å². The van der Waals surface area contributed by atoms with Gasteiger partial charge in [0.25, 0.3) is 0 Å². The zero-order chi connectivity index (χ0) is 23.9. The van der Waals surface area contributed by atoms with Crippen LogP contribution in [-0.4, -0.2) is 43.3 Å². The number of amides is 1. The van der Waals surface area contributed by atoms with Crippen molar-refractivity contribution in [2.45, 2.75) is 59.1 Å². The highest BCUT2D eigenvalue weighted by atomic mass is 16.6. The van der Waals surface area contributed by atoms with E-state index in [0.717, 1.165) is 51.3 Å². The van der Waals surface area contributed by atoms with Crippen LogP contribution in [0.4, 0.5) is 4.79 Å². The quantitative estimate of drug-likeness (QED) is 0.587. The van der Waals surface area contributed by atoms with Gasteiger partial charge < -0.3 is 14.8 Å². The molecule has 3 aliphatic heterocycles. The number of nitrogens with one attached hydrogen (secondary N) is 1. The number of alkyl carbamates (subject to hydrolysis) is 1. The fourth-order valence-corrected chi connectivity index (χ4v) is 5.85. The van der Waals surface area contributed by atoms with Gasteiger partial charge in [-0.2, -0.15) is 0 Å². The number of carbonyl (C=O) groups excluding carboxylic acids is 1. The third-order valence-electron chi connectivity index (χ3n) is 7.77. The van der Waals surface area contributed by atoms with E-state index in [2.05, 4.69) is 68.2 Å². The normalized spacial score (nSPS) is 26.9. The first-order valence-corrected chi connectivity index (χ1v) is 12.8. The molecule has 0 aromatic heterocycles. The molecule has 1 amide bonds. The lowest BCUT2D eigenvalue weighted by atomic mass is 9.85. The number of rotatable bonds is 6. The van der Waals surface area contributed by atoms with Crippen LogP contribution in [-0.2, 0) is 11.2 Å². The van der Waals surface area contributed by atoms with Crippen molar-refractivity contribution in [1.82, 2.24) is 10.2 Å². The molecule has 2 atom stereocenters. The van der Waals surface area contributed by atoms with Gasteiger partial charge in [0.15, 0.2) is 0 Å². The van der Waals surface area contributed by atoms with E-state index in [1.54, 1.807) is 0 Å². The molecule has 2 aromatic rings. The molecule has 1 N–H and O–H groups in total. The van der Waals surface area contributed by atoms with Crippen LogP contribution >= 0.6 is 0 Å². The van der Waals surface area contributed by atoms with Crippen molar-refractivity contribution in [3.05, 3.63) is 53.6 Å². The Balaban J connectivity index is 1.27. The summed E-state index contributed by atoms with van der Waals surface area (Å²) < 4.78 is 11.8. The van der Waals surface area contributed by atoms with Gasteiger partial charge in [-0.25, -0.2) is 4.79 Å². The first kappa shape index (κ1) is 23.2. The number of hydrogen-bond acceptors (Lipinski definition) is 4. The molecule has 1 aliphatic carbocycles. The summed E-state index contributed by atoms with van der Waals surface area (Å²) in [6, 6.07) is 14.9. The summed E-state index contributed by atoms with van der Waals surface area (Å²) in [7, 11) is 0. The number of benzene rings is 2. The van der Waals surface area contributed by atoms with Gasteiger partial charge >= 0.3 is 6.09 Å². The van der Waals surface area contributed by atoms with Gasteiger partial charge in [-0.3, -0.25) is 4.90 Å². The SMILES string of the molecule is CC(C)COc1ccc(-c2ccc3c(c2)CC(C)(C)[C@H]3NC(=O)O[C@@H]2CN3CCC2CC3)cc1. The van der Waals surface area contributed by atoms with Crippen molar-refractivity contribution >= 4 is 6.09 Å². The van der Waals surface area contributed by atoms with Gasteiger partial charge in [0, 0.05) is 6.54 Å². The van der Waals surface area contributed by atoms with Crippen molar-refractivity contribution in [2.75, 3.05) is 26.2 Å². The fraction of sp³-hybridized carbons (Fsp3) is 0.552. The van der Waals surface area contributed by atoms with Crippen LogP contribution in [0, 0.1) is 17.3 Å². The monoisotopic (exact) mass is 462 g/mol. The van der Waals surface area contributed by atoms with Gasteiger partial charge in [0.05, 0.1) is 12.6 Å². The average molecular weight is 463 g/mol. The van der Waals surface area contributed by atoms with E-state index in [0.29, 0.717) is 11.8 Å². The van der Waals surface area contributed by atoms with Gasteiger partial charge in [-0.15, -0.1) is 0 Å². The van der Waals surface area contributed by atoms with Crippen LogP contribution < -0.4 is 10.1 Å². The number of nitrogens with zero attached hydrogens (tertiary/aromatic N) is 1. The lowest BCUT2D eigenvalue weighted by Crippen LogP contribution is -2.53. The number of ether oxygens (including phenoxy) is 2. The van der Waals surface area contributed by atoms with Gasteiger partial charge in [-0.05, 0) is 84.0 Å². The highest BCUT2D eigenvalue weighted by Crippen LogP contribution is 2.46. The van der Waals surface area contributed by atoms with E-state index >= 15 is 0 Å². The number of fused-ring (bicyclic) bond motifs is 4. The Morgan fingerprint density at radius 3 is 2.44 bits per heavy atom. The lowest BCUT2D eigenvalue weighted by Gasteiger charge is -2.44. The van der Waals surface area contributed by atoms with Crippen LogP contribution in [0.25, 0.3) is 11.1 Å². The molecule has 3 saturated heterocycles. The first-order chi connectivity index (χ1) is 16.3. The lowest BCUT2D eigenvalue weighted by molar-refractivity contribution is -0.0348. The van der Waals surface area contributed by atoms with Crippen molar-refractivity contribution < 1.29 is 14.3 Å². The summed E-state index contributed by atoms with van der Waals surface area (Å²) in [5.41, 5.74) is 4.81. The van der Waals surface area contributed by atoms with Crippen molar-refractivity contribution in [2.24, 2.45) is 17.3 Å². The molecule has 3 fully saturated rings. The third kappa shape index (κ3) is 4.81. The molecule has 5 nitrogen and oxygen atoms in total. The van der Waals surface area contributed by atoms with Crippen LogP contribution in [0.15, 0.2) is 42.5 Å². The smallest absolute Gasteiger partial charge is 0.407 e. The number of carbonyl (C=O) groups is 1. The summed E-state index contributed by atoms with van der Waals surface area (Å²) in [4.78, 5) is 15.3. The summed E-state index contributed by atoms with van der Waals surface area (Å²) in [6.45, 7) is 12.7. The van der Waals surface area contributed by atoms with Gasteiger partial charge in [0.1, 0.15) is 11.9 Å². The minimum Gasteiger partial charge on any atom is -0.493 e. The topological polar surface area (TPSA) is 50.8 Å². The number of piperidine rings is 3. The molecule has 34 heavy (non-hydrogen) atoms. The van der Waals surface area contributed by atoms with E-state index in [9.17, 15) is 4.79 Å². The summed E-state index contributed by atoms with van der Waals surface area (Å²) in [5.74, 6) is 1.93. The Labute approximate surface area is 203 Å². The van der Waals surface area contributed by atoms with Crippen molar-refractivity contribution in [3.63, 3.8) is 0 Å².